The van der Waals surface area contributed by atoms with Crippen LogP contribution in [0.15, 0.2) is 30.5 Å². The smallest absolute Gasteiger partial charge is 0.287 e. The number of rotatable bonds is 6. The van der Waals surface area contributed by atoms with Crippen molar-refractivity contribution in [2.24, 2.45) is 5.84 Å². The Kier molecular flexibility index (Phi) is 4.89. The first-order valence-corrected chi connectivity index (χ1v) is 6.85. The van der Waals surface area contributed by atoms with E-state index in [9.17, 15) is 4.79 Å². The molecule has 0 saturated heterocycles. The van der Waals surface area contributed by atoms with Crippen LogP contribution in [0.3, 0.4) is 0 Å². The lowest BCUT2D eigenvalue weighted by atomic mass is 10.1. The number of carbonyl (C=O) groups excluding carboxylic acids is 1. The van der Waals surface area contributed by atoms with Crippen LogP contribution in [-0.2, 0) is 13.0 Å². The minimum absolute atomic E-state index is 0.215. The van der Waals surface area contributed by atoms with Crippen molar-refractivity contribution < 1.29 is 4.79 Å². The third-order valence-electron chi connectivity index (χ3n) is 3.35. The van der Waals surface area contributed by atoms with Gasteiger partial charge in [0.05, 0.1) is 12.7 Å². The molecule has 1 amide bonds. The second kappa shape index (κ2) is 6.85. The fourth-order valence-electron chi connectivity index (χ4n) is 1.95. The number of nitrogen functional groups attached to an aromatic ring is 1. The van der Waals surface area contributed by atoms with E-state index in [2.05, 4.69) is 46.4 Å². The molecule has 0 aliphatic heterocycles. The maximum absolute atomic E-state index is 11.3. The van der Waals surface area contributed by atoms with E-state index in [-0.39, 0.29) is 5.69 Å². The maximum atomic E-state index is 11.3. The Balaban J connectivity index is 1.92. The van der Waals surface area contributed by atoms with E-state index in [0.29, 0.717) is 6.54 Å². The molecule has 0 bridgehead atoms. The van der Waals surface area contributed by atoms with Crippen LogP contribution in [0.1, 0.15) is 23.0 Å². The summed E-state index contributed by atoms with van der Waals surface area (Å²) in [5.74, 6) is 4.61. The molecule has 0 radical (unpaired) electrons. The molecule has 1 aromatic carbocycles. The van der Waals surface area contributed by atoms with Gasteiger partial charge in [0.25, 0.3) is 5.91 Å². The van der Waals surface area contributed by atoms with Crippen LogP contribution >= 0.6 is 0 Å². The molecular weight excluding hydrogens is 268 g/mol. The maximum Gasteiger partial charge on any atom is 0.287 e. The molecule has 21 heavy (non-hydrogen) atoms. The number of amides is 1. The lowest BCUT2D eigenvalue weighted by molar-refractivity contribution is 0.0948. The molecule has 1 heterocycles. The zero-order valence-corrected chi connectivity index (χ0v) is 12.3. The average Bonchev–Trinajstić information content (AvgIpc) is 3.01. The van der Waals surface area contributed by atoms with Crippen LogP contribution < -0.4 is 16.2 Å². The summed E-state index contributed by atoms with van der Waals surface area (Å²) in [7, 11) is 2.02. The molecule has 0 spiro atoms. The van der Waals surface area contributed by atoms with Gasteiger partial charge in [-0.25, -0.2) is 10.5 Å². The number of aromatic nitrogens is 3. The summed E-state index contributed by atoms with van der Waals surface area (Å²) in [4.78, 5) is 13.4. The van der Waals surface area contributed by atoms with Crippen molar-refractivity contribution in [2.75, 3.05) is 18.5 Å². The Morgan fingerprint density at radius 2 is 2.10 bits per heavy atom. The van der Waals surface area contributed by atoms with Crippen LogP contribution in [0, 0.1) is 0 Å². The largest absolute Gasteiger partial charge is 0.373 e. The Morgan fingerprint density at radius 3 is 2.71 bits per heavy atom. The predicted molar refractivity (Wildman–Crippen MR) is 80.8 cm³/mol. The average molecular weight is 288 g/mol. The van der Waals surface area contributed by atoms with Gasteiger partial charge in [-0.1, -0.05) is 24.3 Å². The summed E-state index contributed by atoms with van der Waals surface area (Å²) < 4.78 is 1.63. The van der Waals surface area contributed by atoms with Crippen molar-refractivity contribution in [1.82, 2.24) is 20.4 Å². The predicted octanol–water partition coefficient (Wildman–Crippen LogP) is 0.580. The van der Waals surface area contributed by atoms with Crippen molar-refractivity contribution in [3.63, 3.8) is 0 Å². The molecule has 7 nitrogen and oxygen atoms in total. The van der Waals surface area contributed by atoms with E-state index in [4.69, 9.17) is 5.84 Å². The minimum atomic E-state index is -0.440. The summed E-state index contributed by atoms with van der Waals surface area (Å²) in [5, 5.41) is 7.66. The van der Waals surface area contributed by atoms with Gasteiger partial charge in [0.2, 0.25) is 0 Å². The highest BCUT2D eigenvalue weighted by Crippen LogP contribution is 2.14. The summed E-state index contributed by atoms with van der Waals surface area (Å²) >= 11 is 0. The van der Waals surface area contributed by atoms with E-state index in [0.717, 1.165) is 18.7 Å². The zero-order chi connectivity index (χ0) is 15.2. The number of anilines is 1. The van der Waals surface area contributed by atoms with Crippen LogP contribution in [0.25, 0.3) is 0 Å². The molecule has 3 N–H and O–H groups in total. The number of nitrogens with zero attached hydrogens (tertiary/aromatic N) is 4. The number of hydrogen-bond donors (Lipinski definition) is 2. The lowest BCUT2D eigenvalue weighted by Crippen LogP contribution is -2.30. The molecule has 0 saturated carbocycles. The van der Waals surface area contributed by atoms with Crippen LogP contribution in [0.4, 0.5) is 5.69 Å². The monoisotopic (exact) mass is 288 g/mol. The third-order valence-corrected chi connectivity index (χ3v) is 3.35. The van der Waals surface area contributed by atoms with Crippen molar-refractivity contribution in [2.45, 2.75) is 19.9 Å². The number of hydrazine groups is 1. The van der Waals surface area contributed by atoms with Crippen molar-refractivity contribution in [3.8, 4) is 0 Å². The summed E-state index contributed by atoms with van der Waals surface area (Å²) in [6.07, 6.45) is 2.62. The molecule has 0 aliphatic rings. The van der Waals surface area contributed by atoms with E-state index in [1.165, 1.54) is 5.56 Å². The van der Waals surface area contributed by atoms with Gasteiger partial charge in [0, 0.05) is 19.3 Å². The van der Waals surface area contributed by atoms with Gasteiger partial charge in [-0.2, -0.15) is 0 Å². The van der Waals surface area contributed by atoms with Crippen LogP contribution in [-0.4, -0.2) is 34.5 Å². The van der Waals surface area contributed by atoms with E-state index in [1.807, 2.05) is 12.5 Å². The highest BCUT2D eigenvalue weighted by Gasteiger charge is 2.09. The first-order valence-electron chi connectivity index (χ1n) is 6.85. The van der Waals surface area contributed by atoms with Gasteiger partial charge in [0.15, 0.2) is 5.69 Å². The standard InChI is InChI=1S/C14H20N6O/c1-3-11-4-6-12(7-5-11)19(2)8-9-20-10-13(17-18-20)14(21)16-15/h4-7,10H,3,8-9,15H2,1-2H3,(H,16,21). The summed E-state index contributed by atoms with van der Waals surface area (Å²) in [6.45, 7) is 3.54. The Labute approximate surface area is 123 Å². The van der Waals surface area contributed by atoms with Gasteiger partial charge in [-0.3, -0.25) is 10.2 Å². The van der Waals surface area contributed by atoms with Gasteiger partial charge in [0.1, 0.15) is 0 Å². The van der Waals surface area contributed by atoms with Crippen LogP contribution in [0.2, 0.25) is 0 Å². The zero-order valence-electron chi connectivity index (χ0n) is 12.3. The van der Waals surface area contributed by atoms with Gasteiger partial charge in [-0.05, 0) is 24.1 Å². The second-order valence-corrected chi connectivity index (χ2v) is 4.78. The first kappa shape index (κ1) is 15.0. The molecule has 7 heteroatoms. The highest BCUT2D eigenvalue weighted by atomic mass is 16.2. The molecule has 0 aliphatic carbocycles. The number of likely N-dealkylation sites (N-methyl/N-ethyl adjacent to an activating group) is 1. The van der Waals surface area contributed by atoms with Gasteiger partial charge in [-0.15, -0.1) is 5.10 Å². The number of nitrogens with one attached hydrogen (secondary N) is 1. The number of aryl methyl sites for hydroxylation is 1. The number of benzene rings is 1. The first-order chi connectivity index (χ1) is 10.1. The Morgan fingerprint density at radius 1 is 1.38 bits per heavy atom. The molecule has 2 rings (SSSR count). The van der Waals surface area contributed by atoms with E-state index >= 15 is 0 Å². The normalized spacial score (nSPS) is 10.4. The number of hydrogen-bond acceptors (Lipinski definition) is 5. The molecular formula is C14H20N6O. The van der Waals surface area contributed by atoms with Crippen molar-refractivity contribution in [1.29, 1.82) is 0 Å². The lowest BCUT2D eigenvalue weighted by Gasteiger charge is -2.19. The minimum Gasteiger partial charge on any atom is -0.373 e. The molecule has 112 valence electrons. The quantitative estimate of drug-likeness (QED) is 0.461. The summed E-state index contributed by atoms with van der Waals surface area (Å²) in [5.41, 5.74) is 4.71. The van der Waals surface area contributed by atoms with E-state index < -0.39 is 5.91 Å². The molecule has 0 fully saturated rings. The topological polar surface area (TPSA) is 89.1 Å². The molecule has 0 unspecified atom stereocenters. The highest BCUT2D eigenvalue weighted by molar-refractivity contribution is 5.91. The Hall–Kier alpha value is -2.41. The van der Waals surface area contributed by atoms with Crippen molar-refractivity contribution in [3.05, 3.63) is 41.7 Å². The van der Waals surface area contributed by atoms with Crippen LogP contribution in [0.5, 0.6) is 0 Å². The number of nitrogens with two attached hydrogens (primary N) is 1. The fourth-order valence-corrected chi connectivity index (χ4v) is 1.95. The van der Waals surface area contributed by atoms with Gasteiger partial charge >= 0.3 is 0 Å². The molecule has 0 atom stereocenters. The summed E-state index contributed by atoms with van der Waals surface area (Å²) in [6, 6.07) is 8.47. The SMILES string of the molecule is CCc1ccc(N(C)CCn2cc(C(=O)NN)nn2)cc1. The van der Waals surface area contributed by atoms with Gasteiger partial charge < -0.3 is 4.90 Å². The number of carbonyl (C=O) groups is 1. The second-order valence-electron chi connectivity index (χ2n) is 4.78. The van der Waals surface area contributed by atoms with E-state index in [1.54, 1.807) is 10.9 Å². The van der Waals surface area contributed by atoms with Crippen molar-refractivity contribution >= 4 is 11.6 Å². The third kappa shape index (κ3) is 3.79. The Bertz CT molecular complexity index is 592. The fraction of sp³-hybridized carbons (Fsp3) is 0.357. The molecule has 2 aromatic rings. The molecule has 1 aromatic heterocycles.